The maximum absolute atomic E-state index is 13.5. The number of nitrogens with zero attached hydrogens (tertiary/aromatic N) is 2. The van der Waals surface area contributed by atoms with Crippen molar-refractivity contribution in [1.29, 1.82) is 0 Å². The van der Waals surface area contributed by atoms with Crippen molar-refractivity contribution in [3.05, 3.63) is 50.8 Å². The van der Waals surface area contributed by atoms with Crippen molar-refractivity contribution in [3.8, 4) is 22.9 Å². The maximum atomic E-state index is 13.5. The van der Waals surface area contributed by atoms with E-state index < -0.39 is 0 Å². The van der Waals surface area contributed by atoms with Crippen LogP contribution in [0.4, 0.5) is 0 Å². The summed E-state index contributed by atoms with van der Waals surface area (Å²) in [5, 5.41) is 1.12. The lowest BCUT2D eigenvalue weighted by molar-refractivity contribution is -0.119. The van der Waals surface area contributed by atoms with Crippen LogP contribution in [0.1, 0.15) is 79.5 Å². The Morgan fingerprint density at radius 3 is 2.61 bits per heavy atom. The van der Waals surface area contributed by atoms with Gasteiger partial charge in [0.15, 0.2) is 11.5 Å². The molecule has 0 saturated heterocycles. The van der Waals surface area contributed by atoms with Crippen LogP contribution in [0.5, 0.6) is 11.5 Å². The third-order valence-corrected chi connectivity index (χ3v) is 8.15. The molecule has 3 aromatic rings. The third kappa shape index (κ3) is 2.63. The molecule has 4 aliphatic rings. The fourth-order valence-corrected chi connectivity index (χ4v) is 6.57. The standard InChI is InChI=1S/C27H26N2O4/c1-2-15-16-8-21-26-19(12-29(21)27(31)17(16)9-22(15)30)25(14-6-4-3-5-7-14)18-10-23-24(33-13-32-23)11-20(18)28-26/h8,10-11,14-15H,2-7,9,12-13H2,1H3. The van der Waals surface area contributed by atoms with E-state index in [4.69, 9.17) is 14.5 Å². The second kappa shape index (κ2) is 6.92. The molecule has 168 valence electrons. The number of carbonyl (C=O) groups is 1. The number of Topliss-reactive ketones (excluding diaryl/α,β-unsaturated/α-hetero) is 1. The van der Waals surface area contributed by atoms with Crippen molar-refractivity contribution in [2.45, 2.75) is 70.3 Å². The van der Waals surface area contributed by atoms with Crippen molar-refractivity contribution in [2.24, 2.45) is 0 Å². The minimum absolute atomic E-state index is 0.0161. The highest BCUT2D eigenvalue weighted by molar-refractivity contribution is 5.94. The van der Waals surface area contributed by atoms with E-state index in [2.05, 4.69) is 12.1 Å². The summed E-state index contributed by atoms with van der Waals surface area (Å²) in [6.45, 7) is 2.79. The van der Waals surface area contributed by atoms with Crippen LogP contribution >= 0.6 is 0 Å². The summed E-state index contributed by atoms with van der Waals surface area (Å²) in [7, 11) is 0. The second-order valence-electron chi connectivity index (χ2n) is 9.87. The van der Waals surface area contributed by atoms with E-state index in [9.17, 15) is 9.59 Å². The van der Waals surface area contributed by atoms with Gasteiger partial charge in [-0.1, -0.05) is 26.2 Å². The van der Waals surface area contributed by atoms with E-state index in [0.29, 0.717) is 18.0 Å². The summed E-state index contributed by atoms with van der Waals surface area (Å²) in [4.78, 5) is 31.1. The van der Waals surface area contributed by atoms with E-state index in [-0.39, 0.29) is 30.5 Å². The number of carbonyl (C=O) groups excluding carboxylic acids is 1. The minimum Gasteiger partial charge on any atom is -0.454 e. The van der Waals surface area contributed by atoms with Crippen molar-refractivity contribution in [1.82, 2.24) is 9.55 Å². The Morgan fingerprint density at radius 2 is 1.82 bits per heavy atom. The smallest absolute Gasteiger partial charge is 0.255 e. The lowest BCUT2D eigenvalue weighted by Gasteiger charge is -2.25. The van der Waals surface area contributed by atoms with Gasteiger partial charge in [-0.25, -0.2) is 4.98 Å². The van der Waals surface area contributed by atoms with Gasteiger partial charge in [0, 0.05) is 34.9 Å². The van der Waals surface area contributed by atoms with Crippen LogP contribution in [0.25, 0.3) is 22.3 Å². The predicted molar refractivity (Wildman–Crippen MR) is 124 cm³/mol. The molecule has 0 spiro atoms. The van der Waals surface area contributed by atoms with Crippen LogP contribution in [-0.4, -0.2) is 22.1 Å². The van der Waals surface area contributed by atoms with E-state index in [1.807, 2.05) is 17.6 Å². The molecule has 0 bridgehead atoms. The zero-order valence-electron chi connectivity index (χ0n) is 18.8. The summed E-state index contributed by atoms with van der Waals surface area (Å²) in [5.74, 6) is 1.95. The molecule has 4 heterocycles. The molecule has 7 rings (SSSR count). The second-order valence-corrected chi connectivity index (χ2v) is 9.87. The maximum Gasteiger partial charge on any atom is 0.255 e. The Morgan fingerprint density at radius 1 is 1.03 bits per heavy atom. The molecule has 2 aliphatic carbocycles. The average Bonchev–Trinajstić information content (AvgIpc) is 3.52. The number of ether oxygens (including phenoxy) is 2. The number of rotatable bonds is 2. The van der Waals surface area contributed by atoms with Crippen molar-refractivity contribution >= 4 is 16.7 Å². The first-order valence-corrected chi connectivity index (χ1v) is 12.2. The lowest BCUT2D eigenvalue weighted by atomic mass is 9.80. The topological polar surface area (TPSA) is 70.4 Å². The summed E-state index contributed by atoms with van der Waals surface area (Å²) in [6.07, 6.45) is 7.05. The SMILES string of the molecule is CCC1C(=O)Cc2c1cc1n(c2=O)Cc2c-1nc1cc3c(cc1c2C1CCCCC1)OCO3. The van der Waals surface area contributed by atoms with Gasteiger partial charge in [-0.2, -0.15) is 0 Å². The fraction of sp³-hybridized carbons (Fsp3) is 0.444. The highest BCUT2D eigenvalue weighted by atomic mass is 16.7. The summed E-state index contributed by atoms with van der Waals surface area (Å²) < 4.78 is 13.2. The molecule has 6 heteroatoms. The van der Waals surface area contributed by atoms with E-state index in [1.165, 1.54) is 30.4 Å². The number of hydrogen-bond donors (Lipinski definition) is 0. The highest BCUT2D eigenvalue weighted by Gasteiger charge is 2.37. The monoisotopic (exact) mass is 442 g/mol. The van der Waals surface area contributed by atoms with Gasteiger partial charge in [-0.15, -0.1) is 0 Å². The van der Waals surface area contributed by atoms with Gasteiger partial charge in [-0.05, 0) is 48.4 Å². The average molecular weight is 443 g/mol. The van der Waals surface area contributed by atoms with E-state index >= 15 is 0 Å². The molecule has 0 radical (unpaired) electrons. The number of benzene rings is 1. The molecule has 1 atom stereocenters. The first-order valence-electron chi connectivity index (χ1n) is 12.2. The molecular weight excluding hydrogens is 416 g/mol. The van der Waals surface area contributed by atoms with Crippen molar-refractivity contribution in [2.75, 3.05) is 6.79 Å². The Kier molecular flexibility index (Phi) is 4.06. The molecule has 0 N–H and O–H groups in total. The largest absolute Gasteiger partial charge is 0.454 e. The van der Waals surface area contributed by atoms with Crippen molar-refractivity contribution < 1.29 is 14.3 Å². The van der Waals surface area contributed by atoms with Crippen molar-refractivity contribution in [3.63, 3.8) is 0 Å². The zero-order valence-corrected chi connectivity index (χ0v) is 18.8. The van der Waals surface area contributed by atoms with Gasteiger partial charge in [0.25, 0.3) is 5.56 Å². The first kappa shape index (κ1) is 19.3. The van der Waals surface area contributed by atoms with E-state index in [1.54, 1.807) is 0 Å². The van der Waals surface area contributed by atoms with Crippen LogP contribution in [0, 0.1) is 0 Å². The first-order chi connectivity index (χ1) is 16.1. The molecule has 2 aromatic heterocycles. The Labute approximate surface area is 191 Å². The van der Waals surface area contributed by atoms with Gasteiger partial charge < -0.3 is 14.0 Å². The molecule has 0 amide bonds. The third-order valence-electron chi connectivity index (χ3n) is 8.15. The molecule has 2 aliphatic heterocycles. The summed E-state index contributed by atoms with van der Waals surface area (Å²) in [5.41, 5.74) is 6.74. The van der Waals surface area contributed by atoms with Gasteiger partial charge in [0.1, 0.15) is 5.78 Å². The molecule has 1 unspecified atom stereocenters. The number of fused-ring (bicyclic) bond motifs is 6. The Balaban J connectivity index is 1.50. The molecule has 1 aromatic carbocycles. The number of hydrogen-bond acceptors (Lipinski definition) is 5. The predicted octanol–water partition coefficient (Wildman–Crippen LogP) is 4.82. The Bertz CT molecular complexity index is 1410. The Hall–Kier alpha value is -3.15. The number of pyridine rings is 2. The molecule has 33 heavy (non-hydrogen) atoms. The van der Waals surface area contributed by atoms with E-state index in [0.717, 1.165) is 58.6 Å². The summed E-state index contributed by atoms with van der Waals surface area (Å²) in [6, 6.07) is 6.15. The molecule has 6 nitrogen and oxygen atoms in total. The van der Waals surface area contributed by atoms with Crippen LogP contribution in [-0.2, 0) is 17.8 Å². The fourth-order valence-electron chi connectivity index (χ4n) is 6.57. The summed E-state index contributed by atoms with van der Waals surface area (Å²) >= 11 is 0. The lowest BCUT2D eigenvalue weighted by Crippen LogP contribution is -2.23. The van der Waals surface area contributed by atoms with Gasteiger partial charge in [0.2, 0.25) is 6.79 Å². The highest BCUT2D eigenvalue weighted by Crippen LogP contribution is 2.47. The zero-order chi connectivity index (χ0) is 22.3. The van der Waals surface area contributed by atoms with Gasteiger partial charge in [-0.3, -0.25) is 9.59 Å². The van der Waals surface area contributed by atoms with Gasteiger partial charge in [0.05, 0.1) is 23.4 Å². The minimum atomic E-state index is -0.172. The molecular formula is C27H26N2O4. The van der Waals surface area contributed by atoms with Crippen LogP contribution in [0.2, 0.25) is 0 Å². The number of aromatic nitrogens is 2. The van der Waals surface area contributed by atoms with Crippen LogP contribution in [0.3, 0.4) is 0 Å². The number of ketones is 1. The normalized spacial score (nSPS) is 20.9. The van der Waals surface area contributed by atoms with Crippen LogP contribution < -0.4 is 15.0 Å². The van der Waals surface area contributed by atoms with Crippen LogP contribution in [0.15, 0.2) is 23.0 Å². The molecule has 1 fully saturated rings. The molecule has 1 saturated carbocycles. The van der Waals surface area contributed by atoms with Gasteiger partial charge >= 0.3 is 0 Å². The quantitative estimate of drug-likeness (QED) is 0.445.